The lowest BCUT2D eigenvalue weighted by Crippen LogP contribution is -2.49. The minimum Gasteiger partial charge on any atom is -0.461 e. The maximum Gasteiger partial charge on any atom is 0.417 e. The minimum atomic E-state index is -4.85. The molecule has 36 heavy (non-hydrogen) atoms. The molecule has 1 aromatic heterocycles. The molecule has 0 spiro atoms. The van der Waals surface area contributed by atoms with Crippen LogP contribution in [0.5, 0.6) is 0 Å². The zero-order valence-electron chi connectivity index (χ0n) is 19.2. The zero-order valence-corrected chi connectivity index (χ0v) is 19.2. The van der Waals surface area contributed by atoms with Crippen LogP contribution in [-0.4, -0.2) is 34.0 Å². The number of anilines is 1. The number of halogens is 3. The smallest absolute Gasteiger partial charge is 0.417 e. The normalized spacial score (nSPS) is 30.9. The molecule has 0 saturated carbocycles. The number of hydrogen-bond acceptors (Lipinski definition) is 7. The van der Waals surface area contributed by atoms with Crippen molar-refractivity contribution >= 4 is 23.5 Å². The van der Waals surface area contributed by atoms with E-state index in [1.165, 1.54) is 6.07 Å². The third-order valence-electron chi connectivity index (χ3n) is 7.44. The Morgan fingerprint density at radius 2 is 1.86 bits per heavy atom. The fourth-order valence-corrected chi connectivity index (χ4v) is 5.86. The molecule has 2 bridgehead atoms. The molecule has 3 aliphatic heterocycles. The molecule has 11 heteroatoms. The Morgan fingerprint density at radius 3 is 2.50 bits per heavy atom. The van der Waals surface area contributed by atoms with Crippen LogP contribution in [0.25, 0.3) is 0 Å². The second-order valence-corrected chi connectivity index (χ2v) is 9.63. The molecule has 0 radical (unpaired) electrons. The van der Waals surface area contributed by atoms with Gasteiger partial charge in [0.05, 0.1) is 51.8 Å². The van der Waals surface area contributed by atoms with Crippen molar-refractivity contribution in [2.24, 2.45) is 17.8 Å². The summed E-state index contributed by atoms with van der Waals surface area (Å²) in [5, 5.41) is 9.06. The molecule has 0 aliphatic carbocycles. The quantitative estimate of drug-likeness (QED) is 0.469. The molecule has 0 N–H and O–H groups in total. The Balaban J connectivity index is 1.45. The fraction of sp³-hybridized carbons (Fsp3) is 0.400. The SMILES string of the molecule is C[C@@]12O[C@](C)(C[C@H]1C(=O)OCc1ccncc1)[C@H]1C(=O)N(c3ccc(C#N)c(C(F)(F)F)c3)C(=O)[C@H]12. The predicted octanol–water partition coefficient (Wildman–Crippen LogP) is 3.39. The van der Waals surface area contributed by atoms with Crippen LogP contribution in [0.15, 0.2) is 42.7 Å². The van der Waals surface area contributed by atoms with Gasteiger partial charge in [0.15, 0.2) is 0 Å². The van der Waals surface area contributed by atoms with E-state index in [1.807, 2.05) is 0 Å². The van der Waals surface area contributed by atoms with Crippen LogP contribution in [0.3, 0.4) is 0 Å². The first-order valence-corrected chi connectivity index (χ1v) is 11.2. The highest BCUT2D eigenvalue weighted by molar-refractivity contribution is 6.23. The first-order valence-electron chi connectivity index (χ1n) is 11.2. The number of aromatic nitrogens is 1. The van der Waals surface area contributed by atoms with Crippen LogP contribution in [-0.2, 0) is 36.6 Å². The van der Waals surface area contributed by atoms with Gasteiger partial charge in [0.25, 0.3) is 0 Å². The van der Waals surface area contributed by atoms with E-state index in [4.69, 9.17) is 14.7 Å². The van der Waals surface area contributed by atoms with Crippen LogP contribution in [0, 0.1) is 29.1 Å². The summed E-state index contributed by atoms with van der Waals surface area (Å²) in [6.45, 7) is 3.18. The van der Waals surface area contributed by atoms with Crippen LogP contribution in [0.4, 0.5) is 18.9 Å². The molecule has 2 amide bonds. The first kappa shape index (κ1) is 23.9. The Hall–Kier alpha value is -3.78. The first-order chi connectivity index (χ1) is 16.9. The number of imide groups is 1. The molecule has 4 heterocycles. The van der Waals surface area contributed by atoms with Crippen LogP contribution in [0.2, 0.25) is 0 Å². The summed E-state index contributed by atoms with van der Waals surface area (Å²) in [7, 11) is 0. The largest absolute Gasteiger partial charge is 0.461 e. The number of nitrogens with zero attached hydrogens (tertiary/aromatic N) is 3. The van der Waals surface area contributed by atoms with Gasteiger partial charge in [-0.3, -0.25) is 19.4 Å². The second kappa shape index (κ2) is 7.86. The van der Waals surface area contributed by atoms with E-state index < -0.39 is 64.0 Å². The van der Waals surface area contributed by atoms with Gasteiger partial charge in [-0.2, -0.15) is 18.4 Å². The van der Waals surface area contributed by atoms with Gasteiger partial charge in [-0.25, -0.2) is 4.90 Å². The molecule has 8 nitrogen and oxygen atoms in total. The molecular formula is C25H20F3N3O5. The van der Waals surface area contributed by atoms with Crippen LogP contribution >= 0.6 is 0 Å². The molecule has 2 aromatic rings. The number of carbonyl (C=O) groups excluding carboxylic acids is 3. The molecule has 3 saturated heterocycles. The Labute approximate surface area is 203 Å². The van der Waals surface area contributed by atoms with Crippen molar-refractivity contribution in [1.29, 1.82) is 5.26 Å². The molecule has 3 fully saturated rings. The summed E-state index contributed by atoms with van der Waals surface area (Å²) in [5.41, 5.74) is -3.99. The number of carbonyl (C=O) groups is 3. The lowest BCUT2D eigenvalue weighted by molar-refractivity contribution is -0.158. The minimum absolute atomic E-state index is 0.0107. The highest BCUT2D eigenvalue weighted by Gasteiger charge is 2.77. The molecular weight excluding hydrogens is 479 g/mol. The topological polar surface area (TPSA) is 110 Å². The number of nitriles is 1. The third kappa shape index (κ3) is 3.39. The molecule has 186 valence electrons. The Kier molecular flexibility index (Phi) is 5.23. The van der Waals surface area contributed by atoms with Crippen molar-refractivity contribution in [2.75, 3.05) is 4.90 Å². The Morgan fingerprint density at radius 1 is 1.19 bits per heavy atom. The molecule has 5 rings (SSSR count). The summed E-state index contributed by atoms with van der Waals surface area (Å²) < 4.78 is 52.1. The highest BCUT2D eigenvalue weighted by atomic mass is 19.4. The van der Waals surface area contributed by atoms with Crippen LogP contribution in [0.1, 0.15) is 37.0 Å². The number of amides is 2. The molecule has 5 atom stereocenters. The monoisotopic (exact) mass is 499 g/mol. The van der Waals surface area contributed by atoms with Crippen LogP contribution < -0.4 is 4.90 Å². The van der Waals surface area contributed by atoms with E-state index in [1.54, 1.807) is 38.4 Å². The number of benzene rings is 1. The maximum atomic E-state index is 13.5. The Bertz CT molecular complexity index is 1320. The van der Waals surface area contributed by atoms with Gasteiger partial charge in [0, 0.05) is 12.4 Å². The van der Waals surface area contributed by atoms with Crippen molar-refractivity contribution in [3.05, 3.63) is 59.4 Å². The maximum absolute atomic E-state index is 13.5. The van der Waals surface area contributed by atoms with E-state index in [9.17, 15) is 27.6 Å². The molecule has 0 unspecified atom stereocenters. The number of fused-ring (bicyclic) bond motifs is 5. The van der Waals surface area contributed by atoms with E-state index in [0.717, 1.165) is 22.6 Å². The summed E-state index contributed by atoms with van der Waals surface area (Å²) in [5.74, 6) is -4.93. The summed E-state index contributed by atoms with van der Waals surface area (Å²) in [6.07, 6.45) is -1.62. The zero-order chi connectivity index (χ0) is 26.0. The van der Waals surface area contributed by atoms with E-state index in [2.05, 4.69) is 4.98 Å². The van der Waals surface area contributed by atoms with Gasteiger partial charge >= 0.3 is 12.1 Å². The van der Waals surface area contributed by atoms with E-state index in [0.29, 0.717) is 6.07 Å². The fourth-order valence-electron chi connectivity index (χ4n) is 5.86. The van der Waals surface area contributed by atoms with E-state index >= 15 is 0 Å². The summed E-state index contributed by atoms with van der Waals surface area (Å²) >= 11 is 0. The van der Waals surface area contributed by atoms with Crippen molar-refractivity contribution < 1.29 is 37.0 Å². The highest BCUT2D eigenvalue weighted by Crippen LogP contribution is 2.63. The van der Waals surface area contributed by atoms with Gasteiger partial charge in [0.1, 0.15) is 6.61 Å². The summed E-state index contributed by atoms with van der Waals surface area (Å²) in [6, 6.07) is 7.55. The van der Waals surface area contributed by atoms with Crippen molar-refractivity contribution in [1.82, 2.24) is 4.98 Å². The number of ether oxygens (including phenoxy) is 2. The average molecular weight is 499 g/mol. The molecule has 3 aliphatic rings. The summed E-state index contributed by atoms with van der Waals surface area (Å²) in [4.78, 5) is 44.6. The van der Waals surface area contributed by atoms with Gasteiger partial charge in [0.2, 0.25) is 11.8 Å². The van der Waals surface area contributed by atoms with E-state index in [-0.39, 0.29) is 18.7 Å². The van der Waals surface area contributed by atoms with Crippen molar-refractivity contribution in [3.63, 3.8) is 0 Å². The van der Waals surface area contributed by atoms with Gasteiger partial charge in [-0.05, 0) is 56.2 Å². The second-order valence-electron chi connectivity index (χ2n) is 9.63. The van der Waals surface area contributed by atoms with Crippen molar-refractivity contribution in [3.8, 4) is 6.07 Å². The van der Waals surface area contributed by atoms with Gasteiger partial charge in [-0.15, -0.1) is 0 Å². The van der Waals surface area contributed by atoms with Crippen molar-refractivity contribution in [2.45, 2.75) is 44.3 Å². The number of pyridine rings is 1. The number of hydrogen-bond donors (Lipinski definition) is 0. The standard InChI is InChI=1S/C25H20F3N3O5/c1-23-10-17(22(34)35-12-13-5-7-30-8-6-13)24(2,36-23)19-18(23)20(32)31(21(19)33)15-4-3-14(11-29)16(9-15)25(26,27)28/h3-9,17-19H,10,12H2,1-2H3/t17-,18+,19-,23+,24+/m0/s1. The predicted molar refractivity (Wildman–Crippen MR) is 116 cm³/mol. The number of alkyl halides is 3. The van der Waals surface area contributed by atoms with Gasteiger partial charge in [-0.1, -0.05) is 0 Å². The lowest BCUT2D eigenvalue weighted by atomic mass is 9.64. The molecule has 1 aromatic carbocycles. The third-order valence-corrected chi connectivity index (χ3v) is 7.44. The number of rotatable bonds is 4. The number of esters is 1. The van der Waals surface area contributed by atoms with Gasteiger partial charge < -0.3 is 9.47 Å². The lowest BCUT2D eigenvalue weighted by Gasteiger charge is -2.33. The average Bonchev–Trinajstić information content (AvgIpc) is 3.37.